The second-order valence-corrected chi connectivity index (χ2v) is 6.50. The summed E-state index contributed by atoms with van der Waals surface area (Å²) in [5, 5.41) is 2.33. The van der Waals surface area contributed by atoms with Crippen LogP contribution < -0.4 is 10.0 Å². The molecule has 0 fully saturated rings. The molecule has 0 atom stereocenters. The van der Waals surface area contributed by atoms with Gasteiger partial charge in [0.1, 0.15) is 13.2 Å². The zero-order valence-corrected chi connectivity index (χ0v) is 13.1. The Kier molecular flexibility index (Phi) is 6.82. The van der Waals surface area contributed by atoms with Crippen LogP contribution in [-0.2, 0) is 19.6 Å². The van der Waals surface area contributed by atoms with Crippen LogP contribution in [0.2, 0.25) is 0 Å². The highest BCUT2D eigenvalue weighted by Gasteiger charge is 2.27. The fourth-order valence-corrected chi connectivity index (χ4v) is 2.71. The average molecular weight is 354 g/mol. The fraction of sp³-hybridized carbons (Fsp3) is 0.462. The lowest BCUT2D eigenvalue weighted by Crippen LogP contribution is -2.24. The minimum absolute atomic E-state index is 0.0119. The van der Waals surface area contributed by atoms with Crippen molar-refractivity contribution in [1.29, 1.82) is 0 Å². The highest BCUT2D eigenvalue weighted by Crippen LogP contribution is 2.16. The van der Waals surface area contributed by atoms with Crippen molar-refractivity contribution in [3.8, 4) is 0 Å². The van der Waals surface area contributed by atoms with Gasteiger partial charge < -0.3 is 10.1 Å². The first-order valence-corrected chi connectivity index (χ1v) is 8.31. The van der Waals surface area contributed by atoms with Gasteiger partial charge in [0.05, 0.1) is 5.75 Å². The molecule has 1 amide bonds. The summed E-state index contributed by atoms with van der Waals surface area (Å²) in [5.74, 6) is -0.754. The molecule has 130 valence electrons. The van der Waals surface area contributed by atoms with Gasteiger partial charge in [-0.05, 0) is 30.7 Å². The number of rotatable bonds is 8. The summed E-state index contributed by atoms with van der Waals surface area (Å²) >= 11 is 0. The van der Waals surface area contributed by atoms with Gasteiger partial charge in [-0.3, -0.25) is 9.52 Å². The van der Waals surface area contributed by atoms with Gasteiger partial charge in [0.15, 0.2) is 0 Å². The first-order chi connectivity index (χ1) is 10.6. The van der Waals surface area contributed by atoms with Crippen molar-refractivity contribution in [2.45, 2.75) is 19.5 Å². The van der Waals surface area contributed by atoms with E-state index in [-0.39, 0.29) is 5.75 Å². The quantitative estimate of drug-likeness (QED) is 0.751. The summed E-state index contributed by atoms with van der Waals surface area (Å²) in [6.07, 6.45) is -4.01. The molecule has 0 aliphatic heterocycles. The summed E-state index contributed by atoms with van der Waals surface area (Å²) in [7, 11) is -3.41. The summed E-state index contributed by atoms with van der Waals surface area (Å²) in [6.45, 7) is -0.498. The molecule has 0 saturated carbocycles. The smallest absolute Gasteiger partial charge is 0.362 e. The molecule has 6 nitrogen and oxygen atoms in total. The maximum Gasteiger partial charge on any atom is 0.411 e. The number of amides is 1. The van der Waals surface area contributed by atoms with Crippen molar-refractivity contribution < 1.29 is 31.1 Å². The molecule has 0 aliphatic carbocycles. The number of halogens is 3. The molecule has 0 radical (unpaired) electrons. The van der Waals surface area contributed by atoms with Crippen LogP contribution in [0.4, 0.5) is 24.5 Å². The Morgan fingerprint density at radius 3 is 2.26 bits per heavy atom. The Balaban J connectivity index is 2.49. The highest BCUT2D eigenvalue weighted by atomic mass is 32.2. The van der Waals surface area contributed by atoms with Crippen molar-refractivity contribution >= 4 is 27.3 Å². The van der Waals surface area contributed by atoms with Gasteiger partial charge in [0.25, 0.3) is 0 Å². The number of hydrogen-bond donors (Lipinski definition) is 2. The molecule has 10 heteroatoms. The second-order valence-electron chi connectivity index (χ2n) is 4.65. The fourth-order valence-electron chi connectivity index (χ4n) is 1.58. The third-order valence-electron chi connectivity index (χ3n) is 2.41. The lowest BCUT2D eigenvalue weighted by molar-refractivity contribution is -0.174. The lowest BCUT2D eigenvalue weighted by atomic mass is 10.3. The van der Waals surface area contributed by atoms with Crippen LogP contribution in [0.15, 0.2) is 24.3 Å². The van der Waals surface area contributed by atoms with Crippen LogP contribution in [0, 0.1) is 0 Å². The summed E-state index contributed by atoms with van der Waals surface area (Å²) in [4.78, 5) is 11.4. The molecule has 2 N–H and O–H groups in total. The van der Waals surface area contributed by atoms with E-state index in [4.69, 9.17) is 0 Å². The minimum atomic E-state index is -4.49. The molecule has 0 heterocycles. The van der Waals surface area contributed by atoms with Crippen molar-refractivity contribution in [2.24, 2.45) is 0 Å². The number of ether oxygens (including phenoxy) is 1. The standard InChI is InChI=1S/C13H17F3N2O4S/c1-2-7-23(20,21)18-11-5-3-10(4-6-11)17-12(19)8-22-9-13(14,15)16/h3-6,18H,2,7-9H2,1H3,(H,17,19). The Labute approximate surface area is 132 Å². The molecule has 0 unspecified atom stereocenters. The molecule has 0 aromatic heterocycles. The Hall–Kier alpha value is -1.81. The predicted octanol–water partition coefficient (Wildman–Crippen LogP) is 2.36. The first-order valence-electron chi connectivity index (χ1n) is 6.66. The van der Waals surface area contributed by atoms with Gasteiger partial charge in [0, 0.05) is 11.4 Å². The first kappa shape index (κ1) is 19.2. The van der Waals surface area contributed by atoms with E-state index in [2.05, 4.69) is 14.8 Å². The third-order valence-corrected chi connectivity index (χ3v) is 3.91. The van der Waals surface area contributed by atoms with E-state index in [0.717, 1.165) is 0 Å². The zero-order valence-electron chi connectivity index (χ0n) is 12.3. The maximum absolute atomic E-state index is 11.9. The van der Waals surface area contributed by atoms with Crippen molar-refractivity contribution in [2.75, 3.05) is 29.0 Å². The van der Waals surface area contributed by atoms with Crippen molar-refractivity contribution in [3.05, 3.63) is 24.3 Å². The molecular weight excluding hydrogens is 337 g/mol. The second kappa shape index (κ2) is 8.16. The van der Waals surface area contributed by atoms with Gasteiger partial charge in [-0.2, -0.15) is 13.2 Å². The molecule has 1 aromatic carbocycles. The maximum atomic E-state index is 11.9. The van der Waals surface area contributed by atoms with E-state index >= 15 is 0 Å². The SMILES string of the molecule is CCCS(=O)(=O)Nc1ccc(NC(=O)COCC(F)(F)F)cc1. The zero-order chi connectivity index (χ0) is 17.5. The van der Waals surface area contributed by atoms with Gasteiger partial charge in [-0.15, -0.1) is 0 Å². The van der Waals surface area contributed by atoms with Crippen LogP contribution in [0.25, 0.3) is 0 Å². The molecule has 0 spiro atoms. The number of nitrogens with one attached hydrogen (secondary N) is 2. The largest absolute Gasteiger partial charge is 0.411 e. The van der Waals surface area contributed by atoms with Crippen LogP contribution >= 0.6 is 0 Å². The number of benzene rings is 1. The normalized spacial score (nSPS) is 12.0. The summed E-state index contributed by atoms with van der Waals surface area (Å²) in [5.41, 5.74) is 0.633. The number of anilines is 2. The minimum Gasteiger partial charge on any atom is -0.362 e. The van der Waals surface area contributed by atoms with E-state index in [1.165, 1.54) is 24.3 Å². The number of carbonyl (C=O) groups excluding carboxylic acids is 1. The van der Waals surface area contributed by atoms with Crippen LogP contribution in [0.5, 0.6) is 0 Å². The van der Waals surface area contributed by atoms with E-state index in [9.17, 15) is 26.4 Å². The van der Waals surface area contributed by atoms with Gasteiger partial charge in [-0.25, -0.2) is 8.42 Å². The van der Waals surface area contributed by atoms with Crippen molar-refractivity contribution in [1.82, 2.24) is 0 Å². The highest BCUT2D eigenvalue weighted by molar-refractivity contribution is 7.92. The topological polar surface area (TPSA) is 84.5 Å². The third kappa shape index (κ3) is 8.41. The summed E-state index contributed by atoms with van der Waals surface area (Å²) in [6, 6.07) is 5.70. The average Bonchev–Trinajstić information content (AvgIpc) is 2.39. The number of hydrogen-bond acceptors (Lipinski definition) is 4. The van der Waals surface area contributed by atoms with Gasteiger partial charge >= 0.3 is 6.18 Å². The van der Waals surface area contributed by atoms with E-state index in [1.807, 2.05) is 0 Å². The Bertz CT molecular complexity index is 615. The molecule has 0 aliphatic rings. The molecule has 1 rings (SSSR count). The molecule has 23 heavy (non-hydrogen) atoms. The van der Waals surface area contributed by atoms with Crippen LogP contribution in [-0.4, -0.2) is 39.5 Å². The Morgan fingerprint density at radius 2 is 1.74 bits per heavy atom. The van der Waals surface area contributed by atoms with Gasteiger partial charge in [-0.1, -0.05) is 6.92 Å². The van der Waals surface area contributed by atoms with E-state index in [0.29, 0.717) is 17.8 Å². The number of alkyl halides is 3. The molecule has 0 bridgehead atoms. The molecule has 0 saturated heterocycles. The predicted molar refractivity (Wildman–Crippen MR) is 79.6 cm³/mol. The number of carbonyl (C=O) groups is 1. The molecule has 1 aromatic rings. The van der Waals surface area contributed by atoms with Gasteiger partial charge in [0.2, 0.25) is 15.9 Å². The lowest BCUT2D eigenvalue weighted by Gasteiger charge is -2.10. The number of sulfonamides is 1. The molecular formula is C13H17F3N2O4S. The van der Waals surface area contributed by atoms with Crippen LogP contribution in [0.3, 0.4) is 0 Å². The Morgan fingerprint density at radius 1 is 1.17 bits per heavy atom. The van der Waals surface area contributed by atoms with E-state index < -0.39 is 35.3 Å². The van der Waals surface area contributed by atoms with Crippen LogP contribution in [0.1, 0.15) is 13.3 Å². The monoisotopic (exact) mass is 354 g/mol. The van der Waals surface area contributed by atoms with Crippen molar-refractivity contribution in [3.63, 3.8) is 0 Å². The summed E-state index contributed by atoms with van der Waals surface area (Å²) < 4.78 is 65.3. The van der Waals surface area contributed by atoms with E-state index in [1.54, 1.807) is 6.92 Å².